The lowest BCUT2D eigenvalue weighted by Gasteiger charge is -2.42. The lowest BCUT2D eigenvalue weighted by Crippen LogP contribution is -2.44. The average Bonchev–Trinajstić information content (AvgIpc) is 2.39. The highest BCUT2D eigenvalue weighted by molar-refractivity contribution is 5.89. The fraction of sp³-hybridized carbons (Fsp3) is 0.588. The molecule has 0 saturated heterocycles. The molecule has 2 nitrogen and oxygen atoms in total. The molecule has 1 aromatic rings. The highest BCUT2D eigenvalue weighted by atomic mass is 16.6. The second-order valence-corrected chi connectivity index (χ2v) is 6.18. The maximum absolute atomic E-state index is 12.3. The Morgan fingerprint density at radius 2 is 2.00 bits per heavy atom. The van der Waals surface area contributed by atoms with Crippen LogP contribution in [0.5, 0.6) is 0 Å². The van der Waals surface area contributed by atoms with E-state index in [9.17, 15) is 4.79 Å². The van der Waals surface area contributed by atoms with E-state index in [1.165, 1.54) is 6.42 Å². The van der Waals surface area contributed by atoms with Gasteiger partial charge < -0.3 is 4.74 Å². The third-order valence-electron chi connectivity index (χ3n) is 4.35. The van der Waals surface area contributed by atoms with Crippen molar-refractivity contribution in [2.45, 2.75) is 52.1 Å². The number of ether oxygens (including phenoxy) is 1. The van der Waals surface area contributed by atoms with E-state index in [0.29, 0.717) is 17.4 Å². The van der Waals surface area contributed by atoms with E-state index in [2.05, 4.69) is 20.8 Å². The minimum Gasteiger partial charge on any atom is -0.455 e. The number of hydrogen-bond acceptors (Lipinski definition) is 2. The zero-order valence-corrected chi connectivity index (χ0v) is 12.2. The summed E-state index contributed by atoms with van der Waals surface area (Å²) < 4.78 is 5.96. The van der Waals surface area contributed by atoms with Crippen molar-refractivity contribution >= 4 is 5.97 Å². The number of hydrogen-bond donors (Lipinski definition) is 0. The van der Waals surface area contributed by atoms with Crippen LogP contribution in [0.15, 0.2) is 30.3 Å². The van der Waals surface area contributed by atoms with E-state index in [-0.39, 0.29) is 11.6 Å². The smallest absolute Gasteiger partial charge is 0.338 e. The van der Waals surface area contributed by atoms with E-state index < -0.39 is 0 Å². The second-order valence-electron chi connectivity index (χ2n) is 6.18. The Morgan fingerprint density at radius 3 is 2.58 bits per heavy atom. The predicted molar refractivity (Wildman–Crippen MR) is 77.1 cm³/mol. The van der Waals surface area contributed by atoms with Gasteiger partial charge in [-0.05, 0) is 43.2 Å². The third kappa shape index (κ3) is 3.17. The van der Waals surface area contributed by atoms with Crippen LogP contribution in [0.1, 0.15) is 56.8 Å². The average molecular weight is 260 g/mol. The molecule has 0 amide bonds. The fourth-order valence-corrected chi connectivity index (χ4v) is 3.10. The molecule has 1 aliphatic rings. The maximum Gasteiger partial charge on any atom is 0.338 e. The van der Waals surface area contributed by atoms with Gasteiger partial charge in [-0.2, -0.15) is 0 Å². The maximum atomic E-state index is 12.3. The molecule has 0 radical (unpaired) electrons. The van der Waals surface area contributed by atoms with Gasteiger partial charge in [0.1, 0.15) is 5.60 Å². The molecular formula is C17H24O2. The summed E-state index contributed by atoms with van der Waals surface area (Å²) in [4.78, 5) is 12.3. The van der Waals surface area contributed by atoms with Crippen LogP contribution >= 0.6 is 0 Å². The molecule has 1 aliphatic carbocycles. The summed E-state index contributed by atoms with van der Waals surface area (Å²) in [6.45, 7) is 6.58. The summed E-state index contributed by atoms with van der Waals surface area (Å²) in [6, 6.07) is 9.31. The van der Waals surface area contributed by atoms with E-state index in [0.717, 1.165) is 19.3 Å². The standard InChI is InChI=1S/C17H24O2/c1-13(2)17(11-7-8-14(3)12-17)19-16(18)15-9-5-4-6-10-15/h4-6,9-10,13-14H,7-8,11-12H2,1-3H3/t14-,17-/m1/s1. The van der Waals surface area contributed by atoms with Crippen molar-refractivity contribution in [3.8, 4) is 0 Å². The van der Waals surface area contributed by atoms with Crippen LogP contribution in [-0.2, 0) is 4.74 Å². The Labute approximate surface area is 116 Å². The molecule has 0 heterocycles. The van der Waals surface area contributed by atoms with E-state index in [4.69, 9.17) is 4.74 Å². The highest BCUT2D eigenvalue weighted by Gasteiger charge is 2.41. The van der Waals surface area contributed by atoms with Gasteiger partial charge in [0, 0.05) is 0 Å². The third-order valence-corrected chi connectivity index (χ3v) is 4.35. The minimum atomic E-state index is -0.273. The summed E-state index contributed by atoms with van der Waals surface area (Å²) in [5.74, 6) is 0.825. The van der Waals surface area contributed by atoms with Crippen LogP contribution in [0.2, 0.25) is 0 Å². The Kier molecular flexibility index (Phi) is 4.28. The van der Waals surface area contributed by atoms with E-state index >= 15 is 0 Å². The summed E-state index contributed by atoms with van der Waals surface area (Å²) >= 11 is 0. The predicted octanol–water partition coefficient (Wildman–Crippen LogP) is 4.45. The lowest BCUT2D eigenvalue weighted by atomic mass is 9.73. The molecule has 0 bridgehead atoms. The summed E-state index contributed by atoms with van der Waals surface area (Å²) in [7, 11) is 0. The Morgan fingerprint density at radius 1 is 1.32 bits per heavy atom. The molecule has 0 aromatic heterocycles. The van der Waals surface area contributed by atoms with Crippen LogP contribution in [0.4, 0.5) is 0 Å². The number of carbonyl (C=O) groups is 1. The molecule has 2 heteroatoms. The first-order valence-electron chi connectivity index (χ1n) is 7.32. The van der Waals surface area contributed by atoms with Crippen LogP contribution in [0, 0.1) is 11.8 Å². The number of benzene rings is 1. The topological polar surface area (TPSA) is 26.3 Å². The first kappa shape index (κ1) is 14.1. The van der Waals surface area contributed by atoms with Gasteiger partial charge in [-0.1, -0.05) is 45.4 Å². The van der Waals surface area contributed by atoms with Crippen molar-refractivity contribution in [3.63, 3.8) is 0 Å². The Hall–Kier alpha value is -1.31. The van der Waals surface area contributed by atoms with E-state index in [1.54, 1.807) is 0 Å². The molecule has 1 saturated carbocycles. The van der Waals surface area contributed by atoms with Crippen molar-refractivity contribution < 1.29 is 9.53 Å². The van der Waals surface area contributed by atoms with Crippen LogP contribution in [0.3, 0.4) is 0 Å². The zero-order valence-electron chi connectivity index (χ0n) is 12.2. The van der Waals surface area contributed by atoms with Gasteiger partial charge in [0.2, 0.25) is 0 Å². The van der Waals surface area contributed by atoms with Gasteiger partial charge in [0.25, 0.3) is 0 Å². The molecule has 0 unspecified atom stereocenters. The molecule has 1 fully saturated rings. The Bertz CT molecular complexity index is 424. The number of rotatable bonds is 3. The fourth-order valence-electron chi connectivity index (χ4n) is 3.10. The molecule has 0 aliphatic heterocycles. The molecular weight excluding hydrogens is 236 g/mol. The SMILES string of the molecule is CC(C)[C@@]1(OC(=O)c2ccccc2)CCC[C@@H](C)C1. The van der Waals surface area contributed by atoms with E-state index in [1.807, 2.05) is 30.3 Å². The van der Waals surface area contributed by atoms with Gasteiger partial charge in [-0.25, -0.2) is 4.79 Å². The molecule has 19 heavy (non-hydrogen) atoms. The van der Waals surface area contributed by atoms with Crippen molar-refractivity contribution in [1.29, 1.82) is 0 Å². The minimum absolute atomic E-state index is 0.177. The van der Waals surface area contributed by atoms with Crippen LogP contribution in [-0.4, -0.2) is 11.6 Å². The normalized spacial score (nSPS) is 27.3. The summed E-state index contributed by atoms with van der Waals surface area (Å²) in [5, 5.41) is 0. The van der Waals surface area contributed by atoms with Crippen LogP contribution in [0.25, 0.3) is 0 Å². The monoisotopic (exact) mass is 260 g/mol. The first-order valence-corrected chi connectivity index (χ1v) is 7.32. The summed E-state index contributed by atoms with van der Waals surface area (Å²) in [5.41, 5.74) is 0.380. The van der Waals surface area contributed by atoms with Crippen molar-refractivity contribution in [2.24, 2.45) is 11.8 Å². The van der Waals surface area contributed by atoms with Gasteiger partial charge in [-0.15, -0.1) is 0 Å². The van der Waals surface area contributed by atoms with Gasteiger partial charge in [0.15, 0.2) is 0 Å². The largest absolute Gasteiger partial charge is 0.455 e. The molecule has 2 rings (SSSR count). The lowest BCUT2D eigenvalue weighted by molar-refractivity contribution is -0.0743. The summed E-state index contributed by atoms with van der Waals surface area (Å²) in [6.07, 6.45) is 4.38. The van der Waals surface area contributed by atoms with Crippen molar-refractivity contribution in [3.05, 3.63) is 35.9 Å². The van der Waals surface area contributed by atoms with Crippen molar-refractivity contribution in [1.82, 2.24) is 0 Å². The van der Waals surface area contributed by atoms with Crippen LogP contribution < -0.4 is 0 Å². The first-order chi connectivity index (χ1) is 9.03. The van der Waals surface area contributed by atoms with Gasteiger partial charge >= 0.3 is 5.97 Å². The molecule has 2 atom stereocenters. The molecule has 104 valence electrons. The molecule has 0 N–H and O–H groups in total. The quantitative estimate of drug-likeness (QED) is 0.751. The number of carbonyl (C=O) groups excluding carboxylic acids is 1. The molecule has 1 aromatic carbocycles. The number of esters is 1. The van der Waals surface area contributed by atoms with Crippen molar-refractivity contribution in [2.75, 3.05) is 0 Å². The highest BCUT2D eigenvalue weighted by Crippen LogP contribution is 2.40. The van der Waals surface area contributed by atoms with Gasteiger partial charge in [0.05, 0.1) is 5.56 Å². The molecule has 0 spiro atoms. The van der Waals surface area contributed by atoms with Gasteiger partial charge in [-0.3, -0.25) is 0 Å². The second kappa shape index (κ2) is 5.77. The zero-order chi connectivity index (χ0) is 13.9. The Balaban J connectivity index is 2.15.